The van der Waals surface area contributed by atoms with Gasteiger partial charge in [-0.1, -0.05) is 0 Å². The first-order chi connectivity index (χ1) is 14.2. The van der Waals surface area contributed by atoms with Crippen molar-refractivity contribution in [1.82, 2.24) is 10.6 Å². The standard InChI is InChI=1S/C21H26N4O4/c1-2-22-21(24-11-10-23-20(27)15-4-7-17(26)8-5-15)25-16-6-9-18-19(14-16)29-13-3-12-28-18/h4-9,14,26H,2-3,10-13H2,1H3,(H,23,27)(H2,22,24,25). The molecule has 0 unspecified atom stereocenters. The average Bonchev–Trinajstić information content (AvgIpc) is 2.96. The van der Waals surface area contributed by atoms with Gasteiger partial charge in [0.15, 0.2) is 17.5 Å². The molecule has 4 N–H and O–H groups in total. The van der Waals surface area contributed by atoms with E-state index in [4.69, 9.17) is 9.47 Å². The van der Waals surface area contributed by atoms with Crippen LogP contribution in [0.25, 0.3) is 0 Å². The topological polar surface area (TPSA) is 104 Å². The molecule has 0 atom stereocenters. The number of rotatable bonds is 6. The molecule has 0 aromatic heterocycles. The third kappa shape index (κ3) is 6.03. The normalized spacial score (nSPS) is 13.3. The van der Waals surface area contributed by atoms with Crippen molar-refractivity contribution < 1.29 is 19.4 Å². The van der Waals surface area contributed by atoms with Crippen LogP contribution >= 0.6 is 0 Å². The molecule has 3 rings (SSSR count). The Labute approximate surface area is 169 Å². The van der Waals surface area contributed by atoms with E-state index in [1.165, 1.54) is 12.1 Å². The summed E-state index contributed by atoms with van der Waals surface area (Å²) >= 11 is 0. The van der Waals surface area contributed by atoms with Crippen LogP contribution in [0.4, 0.5) is 5.69 Å². The van der Waals surface area contributed by atoms with E-state index >= 15 is 0 Å². The number of fused-ring (bicyclic) bond motifs is 1. The summed E-state index contributed by atoms with van der Waals surface area (Å²) in [6, 6.07) is 11.8. The molecule has 1 aliphatic rings. The fraction of sp³-hybridized carbons (Fsp3) is 0.333. The summed E-state index contributed by atoms with van der Waals surface area (Å²) in [4.78, 5) is 16.6. The van der Waals surface area contributed by atoms with Crippen LogP contribution in [0.1, 0.15) is 23.7 Å². The number of nitrogens with zero attached hydrogens (tertiary/aromatic N) is 1. The van der Waals surface area contributed by atoms with Crippen molar-refractivity contribution in [2.45, 2.75) is 13.3 Å². The van der Waals surface area contributed by atoms with Crippen LogP contribution in [0.3, 0.4) is 0 Å². The molecule has 1 amide bonds. The number of phenols is 1. The number of carbonyl (C=O) groups excluding carboxylic acids is 1. The number of carbonyl (C=O) groups is 1. The SMILES string of the molecule is CCNC(=NCCNC(=O)c1ccc(O)cc1)Nc1ccc2c(c1)OCCCO2. The van der Waals surface area contributed by atoms with Gasteiger partial charge in [-0.15, -0.1) is 0 Å². The monoisotopic (exact) mass is 398 g/mol. The highest BCUT2D eigenvalue weighted by molar-refractivity contribution is 5.95. The second-order valence-corrected chi connectivity index (χ2v) is 6.40. The number of aromatic hydroxyl groups is 1. The van der Waals surface area contributed by atoms with E-state index in [0.717, 1.165) is 17.9 Å². The number of ether oxygens (including phenoxy) is 2. The molecule has 154 valence electrons. The van der Waals surface area contributed by atoms with Gasteiger partial charge in [-0.25, -0.2) is 0 Å². The Morgan fingerprint density at radius 1 is 1.07 bits per heavy atom. The number of hydrogen-bond donors (Lipinski definition) is 4. The van der Waals surface area contributed by atoms with Crippen LogP contribution in [0.15, 0.2) is 47.5 Å². The maximum Gasteiger partial charge on any atom is 0.251 e. The average molecular weight is 398 g/mol. The minimum atomic E-state index is -0.207. The number of benzene rings is 2. The van der Waals surface area contributed by atoms with Crippen molar-refractivity contribution in [3.05, 3.63) is 48.0 Å². The zero-order valence-corrected chi connectivity index (χ0v) is 16.4. The molecule has 0 aliphatic carbocycles. The minimum Gasteiger partial charge on any atom is -0.508 e. The molecule has 2 aromatic carbocycles. The van der Waals surface area contributed by atoms with Gasteiger partial charge >= 0.3 is 0 Å². The minimum absolute atomic E-state index is 0.127. The molecule has 1 aliphatic heterocycles. The van der Waals surface area contributed by atoms with Crippen LogP contribution in [-0.2, 0) is 0 Å². The number of guanidine groups is 1. The third-order valence-electron chi connectivity index (χ3n) is 4.15. The summed E-state index contributed by atoms with van der Waals surface area (Å²) in [6.45, 7) is 4.76. The largest absolute Gasteiger partial charge is 0.508 e. The van der Waals surface area contributed by atoms with Gasteiger partial charge in [0.25, 0.3) is 5.91 Å². The molecular formula is C21H26N4O4. The number of amides is 1. The number of nitrogens with one attached hydrogen (secondary N) is 3. The summed E-state index contributed by atoms with van der Waals surface area (Å²) in [5.41, 5.74) is 1.33. The predicted octanol–water partition coefficient (Wildman–Crippen LogP) is 2.36. The van der Waals surface area contributed by atoms with E-state index in [0.29, 0.717) is 50.1 Å². The van der Waals surface area contributed by atoms with Gasteiger partial charge in [0.1, 0.15) is 5.75 Å². The van der Waals surface area contributed by atoms with Crippen LogP contribution in [0.2, 0.25) is 0 Å². The van der Waals surface area contributed by atoms with Crippen molar-refractivity contribution in [1.29, 1.82) is 0 Å². The maximum absolute atomic E-state index is 12.1. The Bertz CT molecular complexity index is 852. The summed E-state index contributed by atoms with van der Waals surface area (Å²) in [6.07, 6.45) is 0.859. The summed E-state index contributed by atoms with van der Waals surface area (Å²) in [7, 11) is 0. The van der Waals surface area contributed by atoms with Gasteiger partial charge in [-0.2, -0.15) is 0 Å². The van der Waals surface area contributed by atoms with Crippen molar-refractivity contribution in [2.24, 2.45) is 4.99 Å². The first-order valence-electron chi connectivity index (χ1n) is 9.68. The van der Waals surface area contributed by atoms with Gasteiger partial charge in [0.2, 0.25) is 0 Å². The second kappa shape index (κ2) is 10.2. The van der Waals surface area contributed by atoms with Gasteiger partial charge in [0.05, 0.1) is 19.8 Å². The number of hydrogen-bond acceptors (Lipinski definition) is 5. The van der Waals surface area contributed by atoms with Crippen LogP contribution < -0.4 is 25.4 Å². The van der Waals surface area contributed by atoms with E-state index < -0.39 is 0 Å². The Morgan fingerprint density at radius 3 is 2.59 bits per heavy atom. The zero-order valence-electron chi connectivity index (χ0n) is 16.4. The van der Waals surface area contributed by atoms with Crippen molar-refractivity contribution in [3.63, 3.8) is 0 Å². The third-order valence-corrected chi connectivity index (χ3v) is 4.15. The lowest BCUT2D eigenvalue weighted by Crippen LogP contribution is -2.32. The summed E-state index contributed by atoms with van der Waals surface area (Å²) in [5.74, 6) is 1.99. The fourth-order valence-electron chi connectivity index (χ4n) is 2.74. The number of anilines is 1. The second-order valence-electron chi connectivity index (χ2n) is 6.40. The highest BCUT2D eigenvalue weighted by Crippen LogP contribution is 2.32. The molecule has 8 heteroatoms. The summed E-state index contributed by atoms with van der Waals surface area (Å²) < 4.78 is 11.4. The Morgan fingerprint density at radius 2 is 1.83 bits per heavy atom. The molecule has 0 saturated heterocycles. The highest BCUT2D eigenvalue weighted by Gasteiger charge is 2.11. The Hall–Kier alpha value is -3.42. The number of phenolic OH excluding ortho intramolecular Hbond substituents is 1. The van der Waals surface area contributed by atoms with E-state index in [2.05, 4.69) is 20.9 Å². The molecule has 8 nitrogen and oxygen atoms in total. The first kappa shape index (κ1) is 20.3. The van der Waals surface area contributed by atoms with Gasteiger partial charge in [-0.3, -0.25) is 9.79 Å². The number of aliphatic imine (C=N–C) groups is 1. The molecule has 29 heavy (non-hydrogen) atoms. The van der Waals surface area contributed by atoms with Crippen LogP contribution in [0.5, 0.6) is 17.2 Å². The molecule has 0 fully saturated rings. The van der Waals surface area contributed by atoms with Gasteiger partial charge in [0, 0.05) is 36.8 Å². The smallest absolute Gasteiger partial charge is 0.251 e. The van der Waals surface area contributed by atoms with Crippen molar-refractivity contribution >= 4 is 17.6 Å². The zero-order chi connectivity index (χ0) is 20.5. The lowest BCUT2D eigenvalue weighted by Gasteiger charge is -2.14. The molecule has 1 heterocycles. The van der Waals surface area contributed by atoms with E-state index in [-0.39, 0.29) is 11.7 Å². The first-order valence-corrected chi connectivity index (χ1v) is 9.68. The summed E-state index contributed by atoms with van der Waals surface area (Å²) in [5, 5.41) is 18.5. The van der Waals surface area contributed by atoms with E-state index in [1.54, 1.807) is 12.1 Å². The Balaban J connectivity index is 1.55. The lowest BCUT2D eigenvalue weighted by atomic mass is 10.2. The molecule has 2 aromatic rings. The van der Waals surface area contributed by atoms with Crippen molar-refractivity contribution in [3.8, 4) is 17.2 Å². The van der Waals surface area contributed by atoms with Crippen molar-refractivity contribution in [2.75, 3.05) is 38.2 Å². The fourth-order valence-corrected chi connectivity index (χ4v) is 2.74. The van der Waals surface area contributed by atoms with Gasteiger partial charge in [-0.05, 0) is 43.3 Å². The van der Waals surface area contributed by atoms with Gasteiger partial charge < -0.3 is 30.5 Å². The molecule has 0 radical (unpaired) electrons. The van der Waals surface area contributed by atoms with E-state index in [9.17, 15) is 9.90 Å². The molecular weight excluding hydrogens is 372 g/mol. The molecule has 0 saturated carbocycles. The highest BCUT2D eigenvalue weighted by atomic mass is 16.5. The molecule has 0 spiro atoms. The maximum atomic E-state index is 12.1. The van der Waals surface area contributed by atoms with Crippen LogP contribution in [-0.4, -0.2) is 49.8 Å². The van der Waals surface area contributed by atoms with Crippen LogP contribution in [0, 0.1) is 0 Å². The Kier molecular flexibility index (Phi) is 7.16. The van der Waals surface area contributed by atoms with E-state index in [1.807, 2.05) is 25.1 Å². The molecule has 0 bridgehead atoms. The lowest BCUT2D eigenvalue weighted by molar-refractivity contribution is 0.0955. The predicted molar refractivity (Wildman–Crippen MR) is 112 cm³/mol. The quantitative estimate of drug-likeness (QED) is 0.338.